The third kappa shape index (κ3) is 4.22. The Hall–Kier alpha value is -0.120. The number of hydrogen-bond donors (Lipinski definition) is 1. The Morgan fingerprint density at radius 3 is 2.28 bits per heavy atom. The monoisotopic (exact) mass is 255 g/mol. The summed E-state index contributed by atoms with van der Waals surface area (Å²) in [5, 5.41) is 3.65. The molecule has 1 aliphatic heterocycles. The first-order chi connectivity index (χ1) is 8.25. The minimum absolute atomic E-state index is 0.329. The van der Waals surface area contributed by atoms with Gasteiger partial charge in [0.1, 0.15) is 0 Å². The molecule has 1 aliphatic rings. The van der Waals surface area contributed by atoms with Crippen molar-refractivity contribution in [1.29, 1.82) is 0 Å². The van der Waals surface area contributed by atoms with Crippen molar-refractivity contribution >= 4 is 0 Å². The minimum Gasteiger partial charge on any atom is -0.312 e. The lowest BCUT2D eigenvalue weighted by atomic mass is 9.86. The summed E-state index contributed by atoms with van der Waals surface area (Å²) in [7, 11) is 4.41. The van der Waals surface area contributed by atoms with Crippen LogP contribution < -0.4 is 5.32 Å². The van der Waals surface area contributed by atoms with E-state index < -0.39 is 0 Å². The fraction of sp³-hybridized carbons (Fsp3) is 1.00. The van der Waals surface area contributed by atoms with Gasteiger partial charge >= 0.3 is 0 Å². The summed E-state index contributed by atoms with van der Waals surface area (Å²) in [6, 6.07) is 1.29. The first-order valence-electron chi connectivity index (χ1n) is 7.37. The van der Waals surface area contributed by atoms with Crippen LogP contribution in [0, 0.1) is 11.3 Å². The Bertz CT molecular complexity index is 245. The SMILES string of the molecule is CCNC(CN1CC(C)C(N(C)C)C1)C(C)(C)C. The van der Waals surface area contributed by atoms with E-state index in [2.05, 4.69) is 63.8 Å². The lowest BCUT2D eigenvalue weighted by Crippen LogP contribution is -2.48. The number of nitrogens with zero attached hydrogens (tertiary/aromatic N) is 2. The smallest absolute Gasteiger partial charge is 0.0254 e. The molecule has 0 aliphatic carbocycles. The van der Waals surface area contributed by atoms with E-state index in [-0.39, 0.29) is 0 Å². The average molecular weight is 255 g/mol. The molecular weight excluding hydrogens is 222 g/mol. The van der Waals surface area contributed by atoms with Crippen LogP contribution >= 0.6 is 0 Å². The summed E-state index contributed by atoms with van der Waals surface area (Å²) in [6.45, 7) is 16.3. The van der Waals surface area contributed by atoms with Gasteiger partial charge in [-0.2, -0.15) is 0 Å². The van der Waals surface area contributed by atoms with Crippen molar-refractivity contribution in [2.45, 2.75) is 46.7 Å². The van der Waals surface area contributed by atoms with Crippen LogP contribution in [0.1, 0.15) is 34.6 Å². The van der Waals surface area contributed by atoms with Crippen LogP contribution in [0.5, 0.6) is 0 Å². The molecule has 0 saturated carbocycles. The zero-order valence-corrected chi connectivity index (χ0v) is 13.5. The van der Waals surface area contributed by atoms with Crippen LogP contribution in [0.3, 0.4) is 0 Å². The first kappa shape index (κ1) is 15.9. The number of nitrogens with one attached hydrogen (secondary N) is 1. The van der Waals surface area contributed by atoms with Crippen LogP contribution in [-0.2, 0) is 0 Å². The van der Waals surface area contributed by atoms with E-state index in [0.29, 0.717) is 17.5 Å². The van der Waals surface area contributed by atoms with E-state index in [0.717, 1.165) is 12.5 Å². The third-order valence-electron chi connectivity index (χ3n) is 4.25. The highest BCUT2D eigenvalue weighted by molar-refractivity contribution is 4.91. The Morgan fingerprint density at radius 1 is 1.28 bits per heavy atom. The Kier molecular flexibility index (Phi) is 5.63. The Morgan fingerprint density at radius 2 is 1.89 bits per heavy atom. The predicted octanol–water partition coefficient (Wildman–Crippen LogP) is 1.89. The van der Waals surface area contributed by atoms with E-state index in [1.807, 2.05) is 0 Å². The topological polar surface area (TPSA) is 18.5 Å². The van der Waals surface area contributed by atoms with Crippen LogP contribution in [0.15, 0.2) is 0 Å². The standard InChI is InChI=1S/C15H33N3/c1-8-16-14(15(3,4)5)11-18-9-12(2)13(10-18)17(6)7/h12-14,16H,8-11H2,1-7H3. The molecule has 0 spiro atoms. The minimum atomic E-state index is 0.329. The number of likely N-dealkylation sites (tertiary alicyclic amines) is 1. The first-order valence-corrected chi connectivity index (χ1v) is 7.37. The van der Waals surface area contributed by atoms with Gasteiger partial charge in [-0.05, 0) is 32.0 Å². The van der Waals surface area contributed by atoms with Gasteiger partial charge in [0.15, 0.2) is 0 Å². The third-order valence-corrected chi connectivity index (χ3v) is 4.25. The van der Waals surface area contributed by atoms with Crippen molar-refractivity contribution in [2.24, 2.45) is 11.3 Å². The maximum absolute atomic E-state index is 3.65. The molecule has 1 fully saturated rings. The molecule has 1 saturated heterocycles. The van der Waals surface area contributed by atoms with Crippen LogP contribution in [0.25, 0.3) is 0 Å². The molecule has 0 aromatic rings. The van der Waals surface area contributed by atoms with Crippen LogP contribution in [0.4, 0.5) is 0 Å². The van der Waals surface area contributed by atoms with Crippen molar-refractivity contribution < 1.29 is 0 Å². The highest BCUT2D eigenvalue weighted by Crippen LogP contribution is 2.24. The molecule has 18 heavy (non-hydrogen) atoms. The highest BCUT2D eigenvalue weighted by Gasteiger charge is 2.34. The van der Waals surface area contributed by atoms with Gasteiger partial charge in [-0.1, -0.05) is 34.6 Å². The molecule has 3 atom stereocenters. The molecule has 1 rings (SSSR count). The van der Waals surface area contributed by atoms with Crippen molar-refractivity contribution in [2.75, 3.05) is 40.3 Å². The summed E-state index contributed by atoms with van der Waals surface area (Å²) >= 11 is 0. The van der Waals surface area contributed by atoms with Gasteiger partial charge in [0.2, 0.25) is 0 Å². The Balaban J connectivity index is 2.56. The van der Waals surface area contributed by atoms with Gasteiger partial charge in [0.05, 0.1) is 0 Å². The molecule has 1 N–H and O–H groups in total. The molecule has 3 nitrogen and oxygen atoms in total. The maximum Gasteiger partial charge on any atom is 0.0254 e. The van der Waals surface area contributed by atoms with E-state index >= 15 is 0 Å². The highest BCUT2D eigenvalue weighted by atomic mass is 15.2. The molecule has 0 aromatic carbocycles. The fourth-order valence-electron chi connectivity index (χ4n) is 3.02. The number of rotatable bonds is 5. The summed E-state index contributed by atoms with van der Waals surface area (Å²) in [6.07, 6.45) is 0. The van der Waals surface area contributed by atoms with E-state index in [1.165, 1.54) is 19.6 Å². The van der Waals surface area contributed by atoms with Crippen molar-refractivity contribution in [3.63, 3.8) is 0 Å². The maximum atomic E-state index is 3.65. The lowest BCUT2D eigenvalue weighted by molar-refractivity contribution is 0.186. The molecule has 0 amide bonds. The van der Waals surface area contributed by atoms with Gasteiger partial charge in [0, 0.05) is 31.7 Å². The summed E-state index contributed by atoms with van der Waals surface area (Å²) in [5.41, 5.74) is 0.329. The second-order valence-electron chi connectivity index (χ2n) is 7.20. The van der Waals surface area contributed by atoms with Crippen molar-refractivity contribution in [3.05, 3.63) is 0 Å². The molecule has 0 radical (unpaired) electrons. The zero-order chi connectivity index (χ0) is 13.9. The number of likely N-dealkylation sites (N-methyl/N-ethyl adjacent to an activating group) is 2. The van der Waals surface area contributed by atoms with Crippen LogP contribution in [0.2, 0.25) is 0 Å². The van der Waals surface area contributed by atoms with Crippen LogP contribution in [-0.4, -0.2) is 62.2 Å². The summed E-state index contributed by atoms with van der Waals surface area (Å²) in [5.74, 6) is 0.780. The van der Waals surface area contributed by atoms with Gasteiger partial charge in [-0.25, -0.2) is 0 Å². The molecular formula is C15H33N3. The second-order valence-corrected chi connectivity index (χ2v) is 7.20. The van der Waals surface area contributed by atoms with Crippen molar-refractivity contribution in [1.82, 2.24) is 15.1 Å². The lowest BCUT2D eigenvalue weighted by Gasteiger charge is -2.34. The second kappa shape index (κ2) is 6.36. The largest absolute Gasteiger partial charge is 0.312 e. The summed E-state index contributed by atoms with van der Waals surface area (Å²) in [4.78, 5) is 5.01. The van der Waals surface area contributed by atoms with Gasteiger partial charge in [-0.3, -0.25) is 4.90 Å². The Labute approximate surface area is 114 Å². The normalized spacial score (nSPS) is 28.0. The molecule has 0 bridgehead atoms. The molecule has 3 heteroatoms. The zero-order valence-electron chi connectivity index (χ0n) is 13.5. The average Bonchev–Trinajstić information content (AvgIpc) is 2.57. The molecule has 1 heterocycles. The summed E-state index contributed by atoms with van der Waals surface area (Å²) < 4.78 is 0. The molecule has 108 valence electrons. The van der Waals surface area contributed by atoms with E-state index in [4.69, 9.17) is 0 Å². The van der Waals surface area contributed by atoms with Gasteiger partial charge in [-0.15, -0.1) is 0 Å². The quantitative estimate of drug-likeness (QED) is 0.809. The van der Waals surface area contributed by atoms with E-state index in [1.54, 1.807) is 0 Å². The fourth-order valence-corrected chi connectivity index (χ4v) is 3.02. The van der Waals surface area contributed by atoms with Gasteiger partial charge in [0.25, 0.3) is 0 Å². The van der Waals surface area contributed by atoms with Gasteiger partial charge < -0.3 is 10.2 Å². The van der Waals surface area contributed by atoms with E-state index in [9.17, 15) is 0 Å². The molecule has 3 unspecified atom stereocenters. The number of hydrogen-bond acceptors (Lipinski definition) is 3. The predicted molar refractivity (Wildman–Crippen MR) is 80.0 cm³/mol. The molecule has 0 aromatic heterocycles. The van der Waals surface area contributed by atoms with Crippen molar-refractivity contribution in [3.8, 4) is 0 Å².